The molecule has 11 heavy (non-hydrogen) atoms. The van der Waals surface area contributed by atoms with Crippen LogP contribution >= 0.6 is 0 Å². The van der Waals surface area contributed by atoms with Crippen molar-refractivity contribution in [3.63, 3.8) is 0 Å². The molecule has 2 rings (SSSR count). The van der Waals surface area contributed by atoms with Crippen molar-refractivity contribution in [3.05, 3.63) is 23.7 Å². The number of hydrogen-bond donors (Lipinski definition) is 0. The van der Waals surface area contributed by atoms with Gasteiger partial charge in [-0.3, -0.25) is 0 Å². The molecular formula is C9H12O2. The molecule has 2 aliphatic carbocycles. The van der Waals surface area contributed by atoms with Gasteiger partial charge in [0, 0.05) is 0 Å². The third-order valence-electron chi connectivity index (χ3n) is 2.30. The Morgan fingerprint density at radius 1 is 1.09 bits per heavy atom. The minimum absolute atomic E-state index is 0.726. The summed E-state index contributed by atoms with van der Waals surface area (Å²) in [4.78, 5) is 0. The van der Waals surface area contributed by atoms with Crippen LogP contribution < -0.4 is 0 Å². The smallest absolute Gasteiger partial charge is 0.156 e. The number of hydrogen-bond acceptors (Lipinski definition) is 2. The van der Waals surface area contributed by atoms with Gasteiger partial charge >= 0.3 is 0 Å². The van der Waals surface area contributed by atoms with Gasteiger partial charge in [-0.25, -0.2) is 0 Å². The number of methoxy groups -OCH3 is 2. The van der Waals surface area contributed by atoms with Crippen LogP contribution in [0.5, 0.6) is 0 Å². The maximum atomic E-state index is 5.16. The zero-order chi connectivity index (χ0) is 7.84. The van der Waals surface area contributed by atoms with Crippen LogP contribution in [0.25, 0.3) is 0 Å². The van der Waals surface area contributed by atoms with Crippen molar-refractivity contribution in [2.75, 3.05) is 14.2 Å². The Kier molecular flexibility index (Phi) is 1.41. The molecule has 0 aromatic heterocycles. The van der Waals surface area contributed by atoms with Gasteiger partial charge in [0.1, 0.15) is 0 Å². The van der Waals surface area contributed by atoms with E-state index in [-0.39, 0.29) is 0 Å². The Balaban J connectivity index is 2.21. The van der Waals surface area contributed by atoms with Gasteiger partial charge in [0.2, 0.25) is 0 Å². The summed E-state index contributed by atoms with van der Waals surface area (Å²) in [6, 6.07) is 0. The molecular weight excluding hydrogens is 140 g/mol. The largest absolute Gasteiger partial charge is 0.493 e. The first-order valence-corrected chi connectivity index (χ1v) is 3.87. The van der Waals surface area contributed by atoms with E-state index >= 15 is 0 Å². The van der Waals surface area contributed by atoms with Gasteiger partial charge in [-0.2, -0.15) is 0 Å². The zero-order valence-electron chi connectivity index (χ0n) is 6.83. The fourth-order valence-corrected chi connectivity index (χ4v) is 1.51. The molecule has 0 radical (unpaired) electrons. The zero-order valence-corrected chi connectivity index (χ0v) is 6.83. The lowest BCUT2D eigenvalue weighted by Gasteiger charge is -2.12. The fourth-order valence-electron chi connectivity index (χ4n) is 1.51. The van der Waals surface area contributed by atoms with E-state index in [4.69, 9.17) is 9.47 Å². The van der Waals surface area contributed by atoms with Gasteiger partial charge < -0.3 is 9.47 Å². The third kappa shape index (κ3) is 1.02. The monoisotopic (exact) mass is 152 g/mol. The van der Waals surface area contributed by atoms with Gasteiger partial charge in [-0.05, 0) is 30.4 Å². The molecule has 2 aliphatic rings. The molecule has 60 valence electrons. The van der Waals surface area contributed by atoms with E-state index in [0.29, 0.717) is 0 Å². The average molecular weight is 152 g/mol. The lowest BCUT2D eigenvalue weighted by Crippen LogP contribution is -2.00. The van der Waals surface area contributed by atoms with Crippen LogP contribution in [0.15, 0.2) is 23.7 Å². The molecule has 1 fully saturated rings. The van der Waals surface area contributed by atoms with Crippen molar-refractivity contribution >= 4 is 0 Å². The highest BCUT2D eigenvalue weighted by Crippen LogP contribution is 2.46. The van der Waals surface area contributed by atoms with Crippen LogP contribution in [0.4, 0.5) is 0 Å². The summed E-state index contributed by atoms with van der Waals surface area (Å²) in [6.07, 6.45) is 5.58. The Morgan fingerprint density at radius 3 is 1.91 bits per heavy atom. The van der Waals surface area contributed by atoms with Crippen molar-refractivity contribution in [2.24, 2.45) is 11.8 Å². The molecule has 0 aliphatic heterocycles. The van der Waals surface area contributed by atoms with E-state index in [9.17, 15) is 0 Å². The second kappa shape index (κ2) is 2.29. The van der Waals surface area contributed by atoms with Crippen molar-refractivity contribution < 1.29 is 9.47 Å². The molecule has 2 nitrogen and oxygen atoms in total. The highest BCUT2D eigenvalue weighted by Gasteiger charge is 2.38. The molecule has 0 aromatic rings. The van der Waals surface area contributed by atoms with E-state index in [1.165, 1.54) is 6.42 Å². The van der Waals surface area contributed by atoms with E-state index in [1.807, 2.05) is 0 Å². The van der Waals surface area contributed by atoms with E-state index < -0.39 is 0 Å². The van der Waals surface area contributed by atoms with Crippen LogP contribution in [0, 0.1) is 11.8 Å². The Labute approximate surface area is 66.5 Å². The topological polar surface area (TPSA) is 18.5 Å². The van der Waals surface area contributed by atoms with E-state index in [1.54, 1.807) is 14.2 Å². The van der Waals surface area contributed by atoms with Gasteiger partial charge in [-0.1, -0.05) is 0 Å². The Bertz CT molecular complexity index is 204. The highest BCUT2D eigenvalue weighted by molar-refractivity contribution is 5.31. The van der Waals surface area contributed by atoms with Crippen LogP contribution in [0.3, 0.4) is 0 Å². The van der Waals surface area contributed by atoms with Crippen molar-refractivity contribution in [1.82, 2.24) is 0 Å². The highest BCUT2D eigenvalue weighted by atomic mass is 16.5. The number of ether oxygens (including phenoxy) is 2. The molecule has 0 saturated heterocycles. The summed E-state index contributed by atoms with van der Waals surface area (Å²) in [5.41, 5.74) is 0. The Morgan fingerprint density at radius 2 is 1.55 bits per heavy atom. The first-order chi connectivity index (χ1) is 5.35. The molecule has 1 saturated carbocycles. The normalized spacial score (nSPS) is 33.3. The quantitative estimate of drug-likeness (QED) is 0.599. The summed E-state index contributed by atoms with van der Waals surface area (Å²) in [6.45, 7) is 0. The predicted octanol–water partition coefficient (Wildman–Crippen LogP) is 1.70. The van der Waals surface area contributed by atoms with Crippen LogP contribution in [0.1, 0.15) is 6.42 Å². The lowest BCUT2D eigenvalue weighted by atomic mass is 10.1. The minimum Gasteiger partial charge on any atom is -0.493 e. The van der Waals surface area contributed by atoms with E-state index in [0.717, 1.165) is 23.4 Å². The first kappa shape index (κ1) is 6.77. The summed E-state index contributed by atoms with van der Waals surface area (Å²) in [5.74, 6) is 3.24. The molecule has 2 unspecified atom stereocenters. The van der Waals surface area contributed by atoms with Gasteiger partial charge in [-0.15, -0.1) is 0 Å². The van der Waals surface area contributed by atoms with E-state index in [2.05, 4.69) is 12.2 Å². The van der Waals surface area contributed by atoms with Gasteiger partial charge in [0.15, 0.2) is 11.5 Å². The molecule has 2 heteroatoms. The predicted molar refractivity (Wildman–Crippen MR) is 41.8 cm³/mol. The first-order valence-electron chi connectivity index (χ1n) is 3.87. The van der Waals surface area contributed by atoms with Crippen LogP contribution in [0.2, 0.25) is 0 Å². The summed E-state index contributed by atoms with van der Waals surface area (Å²) >= 11 is 0. The standard InChI is InChI=1S/C9H12O2/c1-10-8-4-6-3-7(6)5-9(8)11-2/h4-7H,3H2,1-2H3. The second-order valence-electron chi connectivity index (χ2n) is 3.03. The fraction of sp³-hybridized carbons (Fsp3) is 0.556. The van der Waals surface area contributed by atoms with Crippen LogP contribution in [-0.2, 0) is 9.47 Å². The second-order valence-corrected chi connectivity index (χ2v) is 3.03. The molecule has 0 aromatic carbocycles. The molecule has 2 atom stereocenters. The van der Waals surface area contributed by atoms with Gasteiger partial charge in [0.05, 0.1) is 14.2 Å². The molecule has 0 heterocycles. The van der Waals surface area contributed by atoms with Crippen molar-refractivity contribution in [3.8, 4) is 0 Å². The number of allylic oxidation sites excluding steroid dienone is 2. The lowest BCUT2D eigenvalue weighted by molar-refractivity contribution is 0.215. The van der Waals surface area contributed by atoms with Crippen molar-refractivity contribution in [2.45, 2.75) is 6.42 Å². The summed E-state index contributed by atoms with van der Waals surface area (Å²) in [7, 11) is 3.36. The molecule has 0 amide bonds. The number of rotatable bonds is 2. The van der Waals surface area contributed by atoms with Crippen LogP contribution in [-0.4, -0.2) is 14.2 Å². The summed E-state index contributed by atoms with van der Waals surface area (Å²) in [5, 5.41) is 0. The van der Waals surface area contributed by atoms with Gasteiger partial charge in [0.25, 0.3) is 0 Å². The molecule has 0 spiro atoms. The average Bonchev–Trinajstić information content (AvgIpc) is 2.79. The SMILES string of the molecule is COC1=CC2CC2C=C1OC. The third-order valence-corrected chi connectivity index (χ3v) is 2.30. The summed E-state index contributed by atoms with van der Waals surface area (Å²) < 4.78 is 10.3. The number of fused-ring (bicyclic) bond motifs is 1. The van der Waals surface area contributed by atoms with Crippen molar-refractivity contribution in [1.29, 1.82) is 0 Å². The molecule has 0 bridgehead atoms. The molecule has 0 N–H and O–H groups in total. The maximum absolute atomic E-state index is 5.16. The minimum atomic E-state index is 0.726. The maximum Gasteiger partial charge on any atom is 0.156 e. The Hall–Kier alpha value is -0.920.